The number of halogens is 3. The van der Waals surface area contributed by atoms with Crippen molar-refractivity contribution >= 4 is 39.3 Å². The molecule has 0 aliphatic heterocycles. The molecule has 1 aromatic carbocycles. The van der Waals surface area contributed by atoms with E-state index in [0.717, 1.165) is 4.47 Å². The summed E-state index contributed by atoms with van der Waals surface area (Å²) in [5.74, 6) is -2.81. The number of alkyl halides is 2. The van der Waals surface area contributed by atoms with E-state index < -0.39 is 5.76 Å². The van der Waals surface area contributed by atoms with Crippen molar-refractivity contribution in [3.63, 3.8) is 0 Å². The van der Waals surface area contributed by atoms with Gasteiger partial charge in [0.1, 0.15) is 5.69 Å². The van der Waals surface area contributed by atoms with Crippen molar-refractivity contribution in [2.45, 2.75) is 10.7 Å². The number of anilines is 1. The van der Waals surface area contributed by atoms with Crippen LogP contribution in [0.2, 0.25) is 0 Å². The summed E-state index contributed by atoms with van der Waals surface area (Å²) >= 11 is 3.69. The number of pyridine rings is 1. The number of rotatable bonds is 4. The molecule has 0 aliphatic rings. The fourth-order valence-corrected chi connectivity index (χ4v) is 2.16. The quantitative estimate of drug-likeness (QED) is 0.823. The molecular formula is C13H9BrF2N2OS. The molecule has 0 spiro atoms. The maximum Gasteiger partial charge on any atom is 0.288 e. The predicted octanol–water partition coefficient (Wildman–Crippen LogP) is 4.41. The maximum atomic E-state index is 12.2. The molecule has 0 radical (unpaired) electrons. The first-order valence-corrected chi connectivity index (χ1v) is 7.19. The summed E-state index contributed by atoms with van der Waals surface area (Å²) in [6.07, 6.45) is 1.53. The van der Waals surface area contributed by atoms with Crippen LogP contribution in [-0.2, 0) is 0 Å². The van der Waals surface area contributed by atoms with Crippen molar-refractivity contribution in [2.75, 3.05) is 5.32 Å². The number of carbonyl (C=O) groups excluding carboxylic acids is 1. The molecule has 3 nitrogen and oxygen atoms in total. The van der Waals surface area contributed by atoms with E-state index in [1.165, 1.54) is 18.3 Å². The van der Waals surface area contributed by atoms with Crippen LogP contribution in [-0.4, -0.2) is 16.6 Å². The molecule has 1 amide bonds. The normalized spacial score (nSPS) is 10.6. The lowest BCUT2D eigenvalue weighted by Gasteiger charge is -2.06. The number of nitrogens with zero attached hydrogens (tertiary/aromatic N) is 1. The highest BCUT2D eigenvalue weighted by atomic mass is 79.9. The summed E-state index contributed by atoms with van der Waals surface area (Å²) in [5, 5.41) is 2.64. The van der Waals surface area contributed by atoms with Gasteiger partial charge in [-0.25, -0.2) is 4.98 Å². The summed E-state index contributed by atoms with van der Waals surface area (Å²) in [4.78, 5) is 16.3. The van der Waals surface area contributed by atoms with Gasteiger partial charge < -0.3 is 5.32 Å². The molecule has 0 bridgehead atoms. The van der Waals surface area contributed by atoms with Crippen molar-refractivity contribution in [2.24, 2.45) is 0 Å². The minimum absolute atomic E-state index is 0.277. The van der Waals surface area contributed by atoms with E-state index in [0.29, 0.717) is 22.3 Å². The Hall–Kier alpha value is -1.47. The summed E-state index contributed by atoms with van der Waals surface area (Å²) < 4.78 is 25.1. The van der Waals surface area contributed by atoms with Crippen molar-refractivity contribution in [3.8, 4) is 0 Å². The highest BCUT2D eigenvalue weighted by molar-refractivity contribution is 9.10. The van der Waals surface area contributed by atoms with Crippen LogP contribution >= 0.6 is 27.7 Å². The number of hydrogen-bond acceptors (Lipinski definition) is 3. The van der Waals surface area contributed by atoms with E-state index in [-0.39, 0.29) is 11.6 Å². The number of nitrogens with one attached hydrogen (secondary N) is 1. The smallest absolute Gasteiger partial charge is 0.288 e. The minimum Gasteiger partial charge on any atom is -0.321 e. The van der Waals surface area contributed by atoms with Gasteiger partial charge in [0.15, 0.2) is 0 Å². The zero-order valence-corrected chi connectivity index (χ0v) is 12.4. The molecule has 2 aromatic rings. The third-order valence-corrected chi connectivity index (χ3v) is 3.49. The number of thioether (sulfide) groups is 1. The Morgan fingerprint density at radius 1 is 1.20 bits per heavy atom. The molecule has 0 saturated heterocycles. The molecule has 0 fully saturated rings. The van der Waals surface area contributed by atoms with Gasteiger partial charge in [-0.05, 0) is 52.3 Å². The number of amides is 1. The van der Waals surface area contributed by atoms with Crippen LogP contribution in [0.4, 0.5) is 14.5 Å². The van der Waals surface area contributed by atoms with Crippen LogP contribution in [0.15, 0.2) is 52.0 Å². The van der Waals surface area contributed by atoms with Crippen LogP contribution < -0.4 is 5.32 Å². The summed E-state index contributed by atoms with van der Waals surface area (Å²) in [6, 6.07) is 9.50. The number of hydrogen-bond donors (Lipinski definition) is 1. The van der Waals surface area contributed by atoms with Gasteiger partial charge in [0.05, 0.1) is 0 Å². The highest BCUT2D eigenvalue weighted by Crippen LogP contribution is 2.26. The molecule has 20 heavy (non-hydrogen) atoms. The van der Waals surface area contributed by atoms with Crippen molar-refractivity contribution in [1.29, 1.82) is 0 Å². The fraction of sp³-hybridized carbons (Fsp3) is 0.0769. The minimum atomic E-state index is -2.46. The summed E-state index contributed by atoms with van der Waals surface area (Å²) in [7, 11) is 0. The van der Waals surface area contributed by atoms with E-state index >= 15 is 0 Å². The van der Waals surface area contributed by atoms with Crippen LogP contribution in [0.5, 0.6) is 0 Å². The van der Waals surface area contributed by atoms with E-state index in [4.69, 9.17) is 0 Å². The standard InChI is InChI=1S/C13H9BrF2N2OS/c14-8-1-6-11(17-7-8)12(19)18-9-2-4-10(5-3-9)20-13(15)16/h1-7,13H,(H,18,19). The first kappa shape index (κ1) is 14.9. The van der Waals surface area contributed by atoms with Crippen LogP contribution in [0.1, 0.15) is 10.5 Å². The van der Waals surface area contributed by atoms with Gasteiger partial charge in [0.2, 0.25) is 0 Å². The zero-order chi connectivity index (χ0) is 14.5. The molecule has 0 saturated carbocycles. The maximum absolute atomic E-state index is 12.2. The van der Waals surface area contributed by atoms with Gasteiger partial charge in [-0.15, -0.1) is 0 Å². The second-order valence-corrected chi connectivity index (χ2v) is 5.70. The van der Waals surface area contributed by atoms with Crippen molar-refractivity contribution in [1.82, 2.24) is 4.98 Å². The molecule has 104 valence electrons. The zero-order valence-electron chi connectivity index (χ0n) is 10.0. The Balaban J connectivity index is 2.02. The highest BCUT2D eigenvalue weighted by Gasteiger charge is 2.08. The van der Waals surface area contributed by atoms with Gasteiger partial charge in [0, 0.05) is 21.3 Å². The molecular weight excluding hydrogens is 350 g/mol. The van der Waals surface area contributed by atoms with Gasteiger partial charge in [-0.3, -0.25) is 4.79 Å². The van der Waals surface area contributed by atoms with Crippen molar-refractivity contribution in [3.05, 3.63) is 52.8 Å². The second-order valence-electron chi connectivity index (χ2n) is 3.72. The average molecular weight is 359 g/mol. The molecule has 0 unspecified atom stereocenters. The van der Waals surface area contributed by atoms with Gasteiger partial charge in [-0.1, -0.05) is 11.8 Å². The Labute approximate surface area is 126 Å². The van der Waals surface area contributed by atoms with Gasteiger partial charge in [-0.2, -0.15) is 8.78 Å². The van der Waals surface area contributed by atoms with E-state index in [2.05, 4.69) is 26.2 Å². The summed E-state index contributed by atoms with van der Waals surface area (Å²) in [5.41, 5.74) is 0.803. The number of benzene rings is 1. The lowest BCUT2D eigenvalue weighted by Crippen LogP contribution is -2.13. The Morgan fingerprint density at radius 3 is 2.45 bits per heavy atom. The molecule has 0 aliphatic carbocycles. The van der Waals surface area contributed by atoms with E-state index in [1.807, 2.05) is 0 Å². The Morgan fingerprint density at radius 2 is 1.90 bits per heavy atom. The number of carbonyl (C=O) groups is 1. The second kappa shape index (κ2) is 6.81. The molecule has 1 heterocycles. The van der Waals surface area contributed by atoms with Crippen LogP contribution in [0.25, 0.3) is 0 Å². The lowest BCUT2D eigenvalue weighted by atomic mass is 10.3. The molecule has 1 N–H and O–H groups in total. The Bertz CT molecular complexity index is 590. The third kappa shape index (κ3) is 4.28. The fourth-order valence-electron chi connectivity index (χ4n) is 1.42. The lowest BCUT2D eigenvalue weighted by molar-refractivity contribution is 0.102. The molecule has 2 rings (SSSR count). The largest absolute Gasteiger partial charge is 0.321 e. The van der Waals surface area contributed by atoms with E-state index in [1.54, 1.807) is 24.3 Å². The third-order valence-electron chi connectivity index (χ3n) is 2.30. The SMILES string of the molecule is O=C(Nc1ccc(SC(F)F)cc1)c1ccc(Br)cn1. The monoisotopic (exact) mass is 358 g/mol. The van der Waals surface area contributed by atoms with Gasteiger partial charge >= 0.3 is 0 Å². The van der Waals surface area contributed by atoms with Crippen LogP contribution in [0, 0.1) is 0 Å². The summed E-state index contributed by atoms with van der Waals surface area (Å²) in [6.45, 7) is 0. The topological polar surface area (TPSA) is 42.0 Å². The predicted molar refractivity (Wildman–Crippen MR) is 78.2 cm³/mol. The first-order chi connectivity index (χ1) is 9.54. The average Bonchev–Trinajstić information content (AvgIpc) is 2.41. The molecule has 0 atom stereocenters. The van der Waals surface area contributed by atoms with E-state index in [9.17, 15) is 13.6 Å². The van der Waals surface area contributed by atoms with Crippen molar-refractivity contribution < 1.29 is 13.6 Å². The van der Waals surface area contributed by atoms with Crippen LogP contribution in [0.3, 0.4) is 0 Å². The first-order valence-electron chi connectivity index (χ1n) is 5.52. The molecule has 7 heteroatoms. The van der Waals surface area contributed by atoms with Gasteiger partial charge in [0.25, 0.3) is 11.7 Å². The number of aromatic nitrogens is 1. The molecule has 1 aromatic heterocycles. The Kier molecular flexibility index (Phi) is 5.08.